The maximum atomic E-state index is 10.4. The van der Waals surface area contributed by atoms with Crippen LogP contribution in [-0.4, -0.2) is 22.0 Å². The van der Waals surface area contributed by atoms with Gasteiger partial charge in [0.25, 0.3) is 5.69 Å². The van der Waals surface area contributed by atoms with Crippen LogP contribution in [0, 0.1) is 15.5 Å². The largest absolute Gasteiger partial charge is 0.370 e. The topological polar surface area (TPSA) is 130 Å². The molecular weight excluding hydrogens is 212 g/mol. The van der Waals surface area contributed by atoms with Crippen molar-refractivity contribution in [2.75, 3.05) is 5.32 Å². The maximum Gasteiger partial charge on any atom is 0.287 e. The summed E-state index contributed by atoms with van der Waals surface area (Å²) in [7, 11) is 0. The van der Waals surface area contributed by atoms with Crippen LogP contribution in [0.2, 0.25) is 0 Å². The number of rotatable bonds is 4. The number of nitrogens with zero attached hydrogens (tertiary/aromatic N) is 2. The van der Waals surface area contributed by atoms with Crippen molar-refractivity contribution in [1.29, 1.82) is 5.41 Å². The Kier molecular flexibility index (Phi) is 3.59. The highest BCUT2D eigenvalue weighted by atomic mass is 16.6. The van der Waals surface area contributed by atoms with E-state index >= 15 is 0 Å². The van der Waals surface area contributed by atoms with E-state index in [-0.39, 0.29) is 17.8 Å². The quantitative estimate of drug-likeness (QED) is 0.190. The summed E-state index contributed by atoms with van der Waals surface area (Å²) in [5.74, 6) is 0.300. The van der Waals surface area contributed by atoms with Gasteiger partial charge in [-0.1, -0.05) is 0 Å². The van der Waals surface area contributed by atoms with Gasteiger partial charge >= 0.3 is 0 Å². The van der Waals surface area contributed by atoms with E-state index in [0.717, 1.165) is 6.20 Å². The molecule has 5 N–H and O–H groups in total. The third kappa shape index (κ3) is 3.40. The molecule has 0 radical (unpaired) electrons. The molecule has 86 valence electrons. The molecule has 0 amide bonds. The summed E-state index contributed by atoms with van der Waals surface area (Å²) in [5, 5.41) is 22.8. The third-order valence-electron chi connectivity index (χ3n) is 1.70. The van der Waals surface area contributed by atoms with Crippen LogP contribution in [0.5, 0.6) is 0 Å². The van der Waals surface area contributed by atoms with E-state index in [1.807, 2.05) is 0 Å². The zero-order valence-corrected chi connectivity index (χ0v) is 8.60. The summed E-state index contributed by atoms with van der Waals surface area (Å²) >= 11 is 0. The van der Waals surface area contributed by atoms with Gasteiger partial charge in [-0.05, 0) is 13.0 Å². The van der Waals surface area contributed by atoms with Gasteiger partial charge in [-0.2, -0.15) is 0 Å². The molecule has 0 aliphatic rings. The van der Waals surface area contributed by atoms with Gasteiger partial charge in [0.15, 0.2) is 5.96 Å². The van der Waals surface area contributed by atoms with Gasteiger partial charge in [0.2, 0.25) is 0 Å². The molecule has 1 aromatic heterocycles. The SMILES string of the molecule is CC(NC(=N)N)Nc1ccc([N+](=O)[O-])cn1. The van der Waals surface area contributed by atoms with Crippen molar-refractivity contribution in [3.8, 4) is 0 Å². The molecule has 0 aromatic carbocycles. The molecule has 0 aliphatic heterocycles. The lowest BCUT2D eigenvalue weighted by molar-refractivity contribution is -0.385. The Bertz CT molecular complexity index is 390. The lowest BCUT2D eigenvalue weighted by Crippen LogP contribution is -2.41. The van der Waals surface area contributed by atoms with Crippen LogP contribution in [-0.2, 0) is 0 Å². The Morgan fingerprint density at radius 2 is 2.38 bits per heavy atom. The average molecular weight is 224 g/mol. The predicted molar refractivity (Wildman–Crippen MR) is 59.0 cm³/mol. The van der Waals surface area contributed by atoms with E-state index in [4.69, 9.17) is 11.1 Å². The van der Waals surface area contributed by atoms with E-state index < -0.39 is 4.92 Å². The Morgan fingerprint density at radius 1 is 1.69 bits per heavy atom. The fraction of sp³-hybridized carbons (Fsp3) is 0.250. The van der Waals surface area contributed by atoms with Gasteiger partial charge in [-0.25, -0.2) is 4.98 Å². The van der Waals surface area contributed by atoms with Gasteiger partial charge in [-0.15, -0.1) is 0 Å². The molecule has 0 aliphatic carbocycles. The van der Waals surface area contributed by atoms with Crippen molar-refractivity contribution in [2.24, 2.45) is 5.73 Å². The lowest BCUT2D eigenvalue weighted by Gasteiger charge is -2.15. The van der Waals surface area contributed by atoms with Crippen molar-refractivity contribution >= 4 is 17.5 Å². The number of aromatic nitrogens is 1. The Morgan fingerprint density at radius 3 is 2.81 bits per heavy atom. The number of guanidine groups is 1. The smallest absolute Gasteiger partial charge is 0.287 e. The molecule has 0 fully saturated rings. The van der Waals surface area contributed by atoms with E-state index in [1.165, 1.54) is 12.1 Å². The van der Waals surface area contributed by atoms with Crippen molar-refractivity contribution < 1.29 is 4.92 Å². The molecule has 1 aromatic rings. The number of nitrogens with two attached hydrogens (primary N) is 1. The average Bonchev–Trinajstić information content (AvgIpc) is 2.16. The minimum atomic E-state index is -0.520. The predicted octanol–water partition coefficient (Wildman–Crippen LogP) is 0.231. The summed E-state index contributed by atoms with van der Waals surface area (Å²) in [5.41, 5.74) is 5.06. The third-order valence-corrected chi connectivity index (χ3v) is 1.70. The molecule has 8 heteroatoms. The zero-order valence-electron chi connectivity index (χ0n) is 8.60. The summed E-state index contributed by atoms with van der Waals surface area (Å²) in [6.07, 6.45) is 0.870. The lowest BCUT2D eigenvalue weighted by atomic mass is 10.4. The van der Waals surface area contributed by atoms with E-state index in [2.05, 4.69) is 15.6 Å². The van der Waals surface area contributed by atoms with Crippen LogP contribution in [0.3, 0.4) is 0 Å². The number of hydrogen-bond acceptors (Lipinski definition) is 5. The maximum absolute atomic E-state index is 10.4. The second kappa shape index (κ2) is 4.91. The van der Waals surface area contributed by atoms with Crippen LogP contribution in [0.4, 0.5) is 11.5 Å². The minimum Gasteiger partial charge on any atom is -0.370 e. The molecule has 1 rings (SSSR count). The molecule has 16 heavy (non-hydrogen) atoms. The van der Waals surface area contributed by atoms with Crippen LogP contribution >= 0.6 is 0 Å². The van der Waals surface area contributed by atoms with Gasteiger partial charge in [0.05, 0.1) is 11.1 Å². The minimum absolute atomic E-state index is 0.0715. The van der Waals surface area contributed by atoms with Crippen molar-refractivity contribution in [3.05, 3.63) is 28.4 Å². The molecule has 0 spiro atoms. The van der Waals surface area contributed by atoms with Crippen LogP contribution in [0.1, 0.15) is 6.92 Å². The normalized spacial score (nSPS) is 11.6. The van der Waals surface area contributed by atoms with Crippen molar-refractivity contribution in [1.82, 2.24) is 10.3 Å². The van der Waals surface area contributed by atoms with Gasteiger partial charge in [0.1, 0.15) is 12.0 Å². The zero-order chi connectivity index (χ0) is 12.1. The first-order valence-corrected chi connectivity index (χ1v) is 4.46. The number of nitrogens with one attached hydrogen (secondary N) is 3. The van der Waals surface area contributed by atoms with Crippen molar-refractivity contribution in [2.45, 2.75) is 13.1 Å². The highest BCUT2D eigenvalue weighted by Crippen LogP contribution is 2.11. The van der Waals surface area contributed by atoms with Crippen LogP contribution in [0.15, 0.2) is 18.3 Å². The summed E-state index contributed by atoms with van der Waals surface area (Å²) in [6, 6.07) is 2.83. The molecular formula is C8H12N6O2. The number of nitro groups is 1. The molecule has 1 atom stereocenters. The second-order valence-corrected chi connectivity index (χ2v) is 3.08. The van der Waals surface area contributed by atoms with Crippen LogP contribution < -0.4 is 16.4 Å². The monoisotopic (exact) mass is 224 g/mol. The Balaban J connectivity index is 2.61. The first-order chi connectivity index (χ1) is 7.49. The summed E-state index contributed by atoms with van der Waals surface area (Å²) in [6.45, 7) is 1.74. The van der Waals surface area contributed by atoms with Crippen LogP contribution in [0.25, 0.3) is 0 Å². The standard InChI is InChI=1S/C8H12N6O2/c1-5(13-8(9)10)12-7-3-2-6(4-11-7)14(15)16/h2-5H,1H3,(H,11,12)(H4,9,10,13). The fourth-order valence-electron chi connectivity index (χ4n) is 1.07. The number of hydrogen-bond donors (Lipinski definition) is 4. The van der Waals surface area contributed by atoms with Crippen molar-refractivity contribution in [3.63, 3.8) is 0 Å². The van der Waals surface area contributed by atoms with E-state index in [1.54, 1.807) is 6.92 Å². The Hall–Kier alpha value is -2.38. The molecule has 0 bridgehead atoms. The molecule has 1 unspecified atom stereocenters. The second-order valence-electron chi connectivity index (χ2n) is 3.08. The highest BCUT2D eigenvalue weighted by Gasteiger charge is 2.06. The summed E-state index contributed by atoms with van der Waals surface area (Å²) < 4.78 is 0. The van der Waals surface area contributed by atoms with E-state index in [0.29, 0.717) is 5.82 Å². The van der Waals surface area contributed by atoms with Gasteiger partial charge in [-0.3, -0.25) is 15.5 Å². The molecule has 0 saturated carbocycles. The number of pyridine rings is 1. The van der Waals surface area contributed by atoms with Gasteiger partial charge < -0.3 is 16.4 Å². The summed E-state index contributed by atoms with van der Waals surface area (Å²) in [4.78, 5) is 13.7. The molecule has 8 nitrogen and oxygen atoms in total. The molecule has 0 saturated heterocycles. The molecule has 1 heterocycles. The first-order valence-electron chi connectivity index (χ1n) is 4.46. The van der Waals surface area contributed by atoms with Gasteiger partial charge in [0, 0.05) is 6.07 Å². The fourth-order valence-corrected chi connectivity index (χ4v) is 1.07. The highest BCUT2D eigenvalue weighted by molar-refractivity contribution is 5.74. The Labute approximate surface area is 91.5 Å². The number of anilines is 1. The van der Waals surface area contributed by atoms with E-state index in [9.17, 15) is 10.1 Å². The first kappa shape index (κ1) is 11.7.